The third-order valence-electron chi connectivity index (χ3n) is 5.27. The number of nitrogens with zero attached hydrogens (tertiary/aromatic N) is 4. The monoisotopic (exact) mass is 509 g/mol. The van der Waals surface area contributed by atoms with E-state index in [4.69, 9.17) is 14.2 Å². The van der Waals surface area contributed by atoms with Gasteiger partial charge in [0.25, 0.3) is 10.0 Å². The molecule has 0 radical (unpaired) electrons. The smallest absolute Gasteiger partial charge is 0.265 e. The number of imidazole rings is 1. The van der Waals surface area contributed by atoms with Crippen LogP contribution in [0.1, 0.15) is 25.2 Å². The summed E-state index contributed by atoms with van der Waals surface area (Å²) in [6.45, 7) is 8.24. The van der Waals surface area contributed by atoms with Gasteiger partial charge in [-0.15, -0.1) is 0 Å². The molecule has 36 heavy (non-hydrogen) atoms. The van der Waals surface area contributed by atoms with Crippen LogP contribution < -0.4 is 18.9 Å². The Hall–Kier alpha value is -4.12. The molecule has 4 rings (SSSR count). The lowest BCUT2D eigenvalue weighted by atomic mass is 10.3. The molecule has 0 fully saturated rings. The lowest BCUT2D eigenvalue weighted by molar-refractivity contribution is 0.322. The van der Waals surface area contributed by atoms with Crippen molar-refractivity contribution >= 4 is 15.7 Å². The highest BCUT2D eigenvalue weighted by Crippen LogP contribution is 2.31. The first-order valence-electron chi connectivity index (χ1n) is 11.3. The van der Waals surface area contributed by atoms with E-state index in [0.717, 1.165) is 11.4 Å². The summed E-state index contributed by atoms with van der Waals surface area (Å²) in [4.78, 5) is 12.7. The lowest BCUT2D eigenvalue weighted by Crippen LogP contribution is -2.14. The summed E-state index contributed by atoms with van der Waals surface area (Å²) in [5.41, 5.74) is 2.24. The van der Waals surface area contributed by atoms with Crippen molar-refractivity contribution in [1.29, 1.82) is 0 Å². The van der Waals surface area contributed by atoms with E-state index < -0.39 is 10.0 Å². The zero-order chi connectivity index (χ0) is 25.7. The molecule has 0 aliphatic heterocycles. The number of anilines is 1. The van der Waals surface area contributed by atoms with E-state index in [1.165, 1.54) is 12.4 Å². The standard InChI is InChI=1S/C25H27N5O5S/c1-5-33-21-11-12-22(34-6-2)23(13-21)36(31,32)29-19-7-9-20(10-8-19)35-25-14-24(26-15-27-25)30-16-28-17(3)18(30)4/h7-16,29H,5-6H2,1-4H3. The Labute approximate surface area is 210 Å². The zero-order valence-electron chi connectivity index (χ0n) is 20.4. The average molecular weight is 510 g/mol. The molecule has 0 unspecified atom stereocenters. The summed E-state index contributed by atoms with van der Waals surface area (Å²) in [6, 6.07) is 12.9. The highest BCUT2D eigenvalue weighted by molar-refractivity contribution is 7.92. The van der Waals surface area contributed by atoms with Gasteiger partial charge in [-0.25, -0.2) is 23.4 Å². The van der Waals surface area contributed by atoms with Crippen LogP contribution in [0.2, 0.25) is 0 Å². The molecular weight excluding hydrogens is 482 g/mol. The van der Waals surface area contributed by atoms with Gasteiger partial charge in [-0.1, -0.05) is 0 Å². The van der Waals surface area contributed by atoms with Crippen LogP contribution in [-0.4, -0.2) is 41.2 Å². The molecule has 0 saturated carbocycles. The summed E-state index contributed by atoms with van der Waals surface area (Å²) in [6.07, 6.45) is 3.10. The van der Waals surface area contributed by atoms with E-state index in [1.54, 1.807) is 55.7 Å². The van der Waals surface area contributed by atoms with Crippen LogP contribution in [-0.2, 0) is 10.0 Å². The van der Waals surface area contributed by atoms with Crippen molar-refractivity contribution < 1.29 is 22.6 Å². The van der Waals surface area contributed by atoms with Gasteiger partial charge in [0.2, 0.25) is 5.88 Å². The topological polar surface area (TPSA) is 117 Å². The van der Waals surface area contributed by atoms with E-state index >= 15 is 0 Å². The van der Waals surface area contributed by atoms with E-state index in [-0.39, 0.29) is 10.6 Å². The van der Waals surface area contributed by atoms with Gasteiger partial charge in [-0.05, 0) is 64.1 Å². The molecule has 2 aromatic carbocycles. The molecule has 0 atom stereocenters. The Morgan fingerprint density at radius 3 is 2.28 bits per heavy atom. The van der Waals surface area contributed by atoms with Crippen LogP contribution in [0.25, 0.3) is 5.82 Å². The first-order valence-corrected chi connectivity index (χ1v) is 12.8. The van der Waals surface area contributed by atoms with Crippen molar-refractivity contribution in [2.45, 2.75) is 32.6 Å². The maximum atomic E-state index is 13.1. The molecule has 0 aliphatic carbocycles. The van der Waals surface area contributed by atoms with Gasteiger partial charge in [0.15, 0.2) is 0 Å². The Morgan fingerprint density at radius 2 is 1.61 bits per heavy atom. The summed E-state index contributed by atoms with van der Waals surface area (Å²) < 4.78 is 47.5. The molecule has 0 aliphatic rings. The lowest BCUT2D eigenvalue weighted by Gasteiger charge is -2.14. The number of hydrogen-bond donors (Lipinski definition) is 1. The number of benzene rings is 2. The Morgan fingerprint density at radius 1 is 0.889 bits per heavy atom. The Bertz CT molecular complexity index is 1450. The maximum absolute atomic E-state index is 13.1. The maximum Gasteiger partial charge on any atom is 0.265 e. The van der Waals surface area contributed by atoms with Crippen LogP contribution in [0, 0.1) is 13.8 Å². The average Bonchev–Trinajstić information content (AvgIpc) is 3.19. The minimum atomic E-state index is -3.94. The normalized spacial score (nSPS) is 11.2. The van der Waals surface area contributed by atoms with Gasteiger partial charge >= 0.3 is 0 Å². The number of nitrogens with one attached hydrogen (secondary N) is 1. The molecule has 2 heterocycles. The fourth-order valence-electron chi connectivity index (χ4n) is 3.40. The van der Waals surface area contributed by atoms with E-state index in [2.05, 4.69) is 19.7 Å². The minimum absolute atomic E-state index is 0.00539. The van der Waals surface area contributed by atoms with Crippen LogP contribution >= 0.6 is 0 Å². The molecule has 0 spiro atoms. The fourth-order valence-corrected chi connectivity index (χ4v) is 4.62. The van der Waals surface area contributed by atoms with Crippen molar-refractivity contribution in [3.05, 3.63) is 72.6 Å². The van der Waals surface area contributed by atoms with Gasteiger partial charge in [0.05, 0.1) is 18.9 Å². The largest absolute Gasteiger partial charge is 0.494 e. The number of aryl methyl sites for hydroxylation is 1. The molecule has 0 amide bonds. The molecule has 0 bridgehead atoms. The van der Waals surface area contributed by atoms with Gasteiger partial charge in [-0.2, -0.15) is 0 Å². The van der Waals surface area contributed by atoms with Crippen LogP contribution in [0.5, 0.6) is 23.1 Å². The molecule has 0 saturated heterocycles. The first kappa shape index (κ1) is 25.0. The summed E-state index contributed by atoms with van der Waals surface area (Å²) in [5.74, 6) is 2.14. The van der Waals surface area contributed by atoms with Crippen LogP contribution in [0.15, 0.2) is 66.1 Å². The third kappa shape index (κ3) is 5.57. The SMILES string of the molecule is CCOc1ccc(OCC)c(S(=O)(=O)Nc2ccc(Oc3cc(-n4cnc(C)c4C)ncn3)cc2)c1. The predicted molar refractivity (Wildman–Crippen MR) is 135 cm³/mol. The van der Waals surface area contributed by atoms with Gasteiger partial charge in [0.1, 0.15) is 40.6 Å². The fraction of sp³-hybridized carbons (Fsp3) is 0.240. The summed E-state index contributed by atoms with van der Waals surface area (Å²) >= 11 is 0. The van der Waals surface area contributed by atoms with Crippen molar-refractivity contribution in [2.24, 2.45) is 0 Å². The number of sulfonamides is 1. The molecule has 10 nitrogen and oxygen atoms in total. The van der Waals surface area contributed by atoms with Gasteiger partial charge in [0, 0.05) is 23.5 Å². The number of hydrogen-bond acceptors (Lipinski definition) is 8. The predicted octanol–water partition coefficient (Wildman–Crippen LogP) is 4.67. The van der Waals surface area contributed by atoms with Crippen molar-refractivity contribution in [1.82, 2.24) is 19.5 Å². The van der Waals surface area contributed by atoms with Gasteiger partial charge < -0.3 is 14.2 Å². The Kier molecular flexibility index (Phi) is 7.39. The molecule has 11 heteroatoms. The highest BCUT2D eigenvalue weighted by atomic mass is 32.2. The second-order valence-electron chi connectivity index (χ2n) is 7.71. The molecule has 4 aromatic rings. The van der Waals surface area contributed by atoms with Crippen molar-refractivity contribution in [3.63, 3.8) is 0 Å². The van der Waals surface area contributed by atoms with Crippen molar-refractivity contribution in [3.8, 4) is 28.9 Å². The van der Waals surface area contributed by atoms with Crippen LogP contribution in [0.4, 0.5) is 5.69 Å². The molecule has 2 aromatic heterocycles. The zero-order valence-corrected chi connectivity index (χ0v) is 21.2. The second kappa shape index (κ2) is 10.6. The quantitative estimate of drug-likeness (QED) is 0.328. The number of ether oxygens (including phenoxy) is 3. The van der Waals surface area contributed by atoms with Gasteiger partial charge in [-0.3, -0.25) is 9.29 Å². The summed E-state index contributed by atoms with van der Waals surface area (Å²) in [5, 5.41) is 0. The molecule has 188 valence electrons. The highest BCUT2D eigenvalue weighted by Gasteiger charge is 2.21. The molecular formula is C25H27N5O5S. The second-order valence-corrected chi connectivity index (χ2v) is 9.36. The molecule has 1 N–H and O–H groups in total. The third-order valence-corrected chi connectivity index (χ3v) is 6.67. The number of rotatable bonds is 10. The Balaban J connectivity index is 1.51. The van der Waals surface area contributed by atoms with E-state index in [1.807, 2.05) is 25.3 Å². The van der Waals surface area contributed by atoms with Crippen molar-refractivity contribution in [2.75, 3.05) is 17.9 Å². The number of aromatic nitrogens is 4. The van der Waals surface area contributed by atoms with E-state index in [0.29, 0.717) is 42.1 Å². The van der Waals surface area contributed by atoms with Crippen LogP contribution in [0.3, 0.4) is 0 Å². The summed E-state index contributed by atoms with van der Waals surface area (Å²) in [7, 11) is -3.94. The minimum Gasteiger partial charge on any atom is -0.494 e. The first-order chi connectivity index (χ1) is 17.3. The van der Waals surface area contributed by atoms with E-state index in [9.17, 15) is 8.42 Å².